The Morgan fingerprint density at radius 3 is 2.43 bits per heavy atom. The van der Waals surface area contributed by atoms with Crippen molar-refractivity contribution < 1.29 is 23.8 Å². The minimum atomic E-state index is -1.62. The Hall–Kier alpha value is -2.69. The SMILES string of the molecule is Cc1cc(C(=O)C(=O)O)cc(F)c1OCc1ccccc1. The van der Waals surface area contributed by atoms with Crippen LogP contribution in [0.4, 0.5) is 4.39 Å². The van der Waals surface area contributed by atoms with Crippen LogP contribution < -0.4 is 4.74 Å². The van der Waals surface area contributed by atoms with Crippen LogP contribution in [-0.4, -0.2) is 16.9 Å². The molecule has 0 spiro atoms. The highest BCUT2D eigenvalue weighted by atomic mass is 19.1. The molecular weight excluding hydrogens is 275 g/mol. The largest absolute Gasteiger partial charge is 0.486 e. The lowest BCUT2D eigenvalue weighted by Crippen LogP contribution is -2.13. The van der Waals surface area contributed by atoms with Crippen LogP contribution in [0.2, 0.25) is 0 Å². The number of rotatable bonds is 5. The molecule has 0 amide bonds. The maximum absolute atomic E-state index is 14.0. The predicted molar refractivity (Wildman–Crippen MR) is 73.9 cm³/mol. The van der Waals surface area contributed by atoms with E-state index >= 15 is 0 Å². The number of halogens is 1. The Morgan fingerprint density at radius 2 is 1.86 bits per heavy atom. The molecule has 0 atom stereocenters. The highest BCUT2D eigenvalue weighted by molar-refractivity contribution is 6.39. The normalized spacial score (nSPS) is 10.2. The summed E-state index contributed by atoms with van der Waals surface area (Å²) in [6.45, 7) is 1.74. The number of hydrogen-bond acceptors (Lipinski definition) is 3. The maximum Gasteiger partial charge on any atom is 0.377 e. The number of carboxylic acid groups (broad SMARTS) is 1. The summed E-state index contributed by atoms with van der Waals surface area (Å²) in [5.74, 6) is -3.50. The maximum atomic E-state index is 14.0. The van der Waals surface area contributed by atoms with Gasteiger partial charge >= 0.3 is 5.97 Å². The second kappa shape index (κ2) is 6.17. The minimum absolute atomic E-state index is 0.0146. The van der Waals surface area contributed by atoms with Gasteiger partial charge in [0.15, 0.2) is 11.6 Å². The van der Waals surface area contributed by atoms with Crippen molar-refractivity contribution in [3.05, 3.63) is 65.0 Å². The number of carbonyl (C=O) groups is 2. The summed E-state index contributed by atoms with van der Waals surface area (Å²) < 4.78 is 19.4. The quantitative estimate of drug-likeness (QED) is 0.678. The van der Waals surface area contributed by atoms with E-state index < -0.39 is 17.6 Å². The van der Waals surface area contributed by atoms with E-state index in [1.807, 2.05) is 30.3 Å². The molecule has 108 valence electrons. The number of aliphatic carboxylic acids is 1. The number of ether oxygens (including phenoxy) is 1. The van der Waals surface area contributed by atoms with Gasteiger partial charge in [0.1, 0.15) is 6.61 Å². The third kappa shape index (κ3) is 3.45. The van der Waals surface area contributed by atoms with Crippen molar-refractivity contribution in [1.29, 1.82) is 0 Å². The molecule has 0 aliphatic heterocycles. The molecule has 2 aromatic rings. The molecule has 4 nitrogen and oxygen atoms in total. The molecule has 0 radical (unpaired) electrons. The van der Waals surface area contributed by atoms with Gasteiger partial charge in [0.05, 0.1) is 0 Å². The second-order valence-corrected chi connectivity index (χ2v) is 4.51. The number of ketones is 1. The van der Waals surface area contributed by atoms with E-state index in [-0.39, 0.29) is 17.9 Å². The van der Waals surface area contributed by atoms with Crippen LogP contribution in [0.1, 0.15) is 21.5 Å². The molecule has 0 heterocycles. The van der Waals surface area contributed by atoms with Crippen molar-refractivity contribution in [2.24, 2.45) is 0 Å². The van der Waals surface area contributed by atoms with E-state index in [1.165, 1.54) is 6.07 Å². The van der Waals surface area contributed by atoms with Crippen molar-refractivity contribution in [3.8, 4) is 5.75 Å². The van der Waals surface area contributed by atoms with Gasteiger partial charge in [0.25, 0.3) is 5.78 Å². The molecule has 5 heteroatoms. The average molecular weight is 288 g/mol. The molecule has 0 bridgehead atoms. The third-order valence-corrected chi connectivity index (χ3v) is 2.91. The molecule has 0 aliphatic rings. The van der Waals surface area contributed by atoms with Crippen LogP contribution in [0.3, 0.4) is 0 Å². The molecule has 0 aromatic heterocycles. The minimum Gasteiger partial charge on any atom is -0.486 e. The van der Waals surface area contributed by atoms with Gasteiger partial charge in [-0.15, -0.1) is 0 Å². The van der Waals surface area contributed by atoms with E-state index in [0.29, 0.717) is 5.56 Å². The number of carboxylic acids is 1. The van der Waals surface area contributed by atoms with Gasteiger partial charge in [0.2, 0.25) is 0 Å². The van der Waals surface area contributed by atoms with Gasteiger partial charge < -0.3 is 9.84 Å². The first-order valence-electron chi connectivity index (χ1n) is 6.23. The molecule has 1 N–H and O–H groups in total. The Kier molecular flexibility index (Phi) is 4.33. The molecule has 21 heavy (non-hydrogen) atoms. The van der Waals surface area contributed by atoms with Gasteiger partial charge in [-0.3, -0.25) is 4.79 Å². The standard InChI is InChI=1S/C16H13FO4/c1-10-7-12(14(18)16(19)20)8-13(17)15(10)21-9-11-5-3-2-4-6-11/h2-8H,9H2,1H3,(H,19,20). The summed E-state index contributed by atoms with van der Waals surface area (Å²) >= 11 is 0. The first kappa shape index (κ1) is 14.7. The number of aryl methyl sites for hydroxylation is 1. The summed E-state index contributed by atoms with van der Waals surface area (Å²) in [7, 11) is 0. The lowest BCUT2D eigenvalue weighted by molar-refractivity contribution is -0.131. The van der Waals surface area contributed by atoms with E-state index in [9.17, 15) is 14.0 Å². The molecular formula is C16H13FO4. The number of carbonyl (C=O) groups excluding carboxylic acids is 1. The molecule has 0 saturated heterocycles. The fourth-order valence-electron chi connectivity index (χ4n) is 1.90. The molecule has 0 saturated carbocycles. The smallest absolute Gasteiger partial charge is 0.377 e. The monoisotopic (exact) mass is 288 g/mol. The summed E-state index contributed by atoms with van der Waals surface area (Å²) in [4.78, 5) is 21.9. The van der Waals surface area contributed by atoms with Crippen LogP contribution in [0.5, 0.6) is 5.75 Å². The number of Topliss-reactive ketones (excluding diaryl/α,β-unsaturated/α-hetero) is 1. The molecule has 0 unspecified atom stereocenters. The van der Waals surface area contributed by atoms with Crippen LogP contribution in [0.25, 0.3) is 0 Å². The van der Waals surface area contributed by atoms with Gasteiger partial charge in [-0.2, -0.15) is 0 Å². The van der Waals surface area contributed by atoms with Crippen LogP contribution >= 0.6 is 0 Å². The Morgan fingerprint density at radius 1 is 1.19 bits per heavy atom. The average Bonchev–Trinajstić information content (AvgIpc) is 2.46. The summed E-state index contributed by atoms with van der Waals surface area (Å²) in [6, 6.07) is 11.4. The zero-order valence-corrected chi connectivity index (χ0v) is 11.3. The topological polar surface area (TPSA) is 63.6 Å². The first-order valence-corrected chi connectivity index (χ1v) is 6.23. The van der Waals surface area contributed by atoms with Crippen LogP contribution in [0, 0.1) is 12.7 Å². The highest BCUT2D eigenvalue weighted by Crippen LogP contribution is 2.25. The Bertz CT molecular complexity index is 657. The van der Waals surface area contributed by atoms with Crippen molar-refractivity contribution in [1.82, 2.24) is 0 Å². The fraction of sp³-hybridized carbons (Fsp3) is 0.125. The summed E-state index contributed by atoms with van der Waals surface area (Å²) in [5.41, 5.74) is 1.04. The van der Waals surface area contributed by atoms with Crippen molar-refractivity contribution in [3.63, 3.8) is 0 Å². The molecule has 0 fully saturated rings. The van der Waals surface area contributed by atoms with Gasteiger partial charge in [-0.05, 0) is 30.2 Å². The highest BCUT2D eigenvalue weighted by Gasteiger charge is 2.18. The van der Waals surface area contributed by atoms with Crippen molar-refractivity contribution >= 4 is 11.8 Å². The predicted octanol–water partition coefficient (Wildman–Crippen LogP) is 2.98. The summed E-state index contributed by atoms with van der Waals surface area (Å²) in [5, 5.41) is 8.64. The van der Waals surface area contributed by atoms with Crippen LogP contribution in [-0.2, 0) is 11.4 Å². The zero-order valence-electron chi connectivity index (χ0n) is 11.3. The van der Waals surface area contributed by atoms with E-state index in [4.69, 9.17) is 9.84 Å². The first-order chi connectivity index (χ1) is 9.99. The molecule has 2 rings (SSSR count). The van der Waals surface area contributed by atoms with E-state index in [1.54, 1.807) is 6.92 Å². The van der Waals surface area contributed by atoms with Crippen LogP contribution in [0.15, 0.2) is 42.5 Å². The van der Waals surface area contributed by atoms with Gasteiger partial charge in [-0.1, -0.05) is 30.3 Å². The molecule has 0 aliphatic carbocycles. The Labute approximate surface area is 120 Å². The van der Waals surface area contributed by atoms with Gasteiger partial charge in [-0.25, -0.2) is 9.18 Å². The zero-order chi connectivity index (χ0) is 15.4. The van der Waals surface area contributed by atoms with E-state index in [0.717, 1.165) is 11.6 Å². The molecule has 2 aromatic carbocycles. The number of hydrogen-bond donors (Lipinski definition) is 1. The second-order valence-electron chi connectivity index (χ2n) is 4.51. The number of benzene rings is 2. The Balaban J connectivity index is 2.21. The van der Waals surface area contributed by atoms with Crippen molar-refractivity contribution in [2.75, 3.05) is 0 Å². The summed E-state index contributed by atoms with van der Waals surface area (Å²) in [6.07, 6.45) is 0. The lowest BCUT2D eigenvalue weighted by atomic mass is 10.1. The third-order valence-electron chi connectivity index (χ3n) is 2.91. The fourth-order valence-corrected chi connectivity index (χ4v) is 1.90. The van der Waals surface area contributed by atoms with E-state index in [2.05, 4.69) is 0 Å². The van der Waals surface area contributed by atoms with Crippen molar-refractivity contribution in [2.45, 2.75) is 13.5 Å². The van der Waals surface area contributed by atoms with Gasteiger partial charge in [0, 0.05) is 5.56 Å². The lowest BCUT2D eigenvalue weighted by Gasteiger charge is -2.11.